The molecule has 0 spiro atoms. The molecule has 0 aromatic rings. The van der Waals surface area contributed by atoms with Crippen LogP contribution in [0.4, 0.5) is 4.48 Å². The van der Waals surface area contributed by atoms with E-state index in [2.05, 4.69) is 0 Å². The zero-order chi connectivity index (χ0) is 7.40. The zero-order valence-corrected chi connectivity index (χ0v) is 6.35. The van der Waals surface area contributed by atoms with Crippen LogP contribution < -0.4 is 0 Å². The molecule has 1 heterocycles. The minimum Gasteiger partial charge on any atom is -0.377 e. The van der Waals surface area contributed by atoms with E-state index in [0.29, 0.717) is 19.7 Å². The molecule has 1 rings (SSSR count). The highest BCUT2D eigenvalue weighted by Gasteiger charge is 2.18. The van der Waals surface area contributed by atoms with E-state index in [1.165, 1.54) is 0 Å². The summed E-state index contributed by atoms with van der Waals surface area (Å²) in [6.07, 6.45) is 2.05. The molecule has 0 aliphatic carbocycles. The average Bonchev–Trinajstić information content (AvgIpc) is 1.88. The first-order chi connectivity index (χ1) is 4.83. The molecule has 1 atom stereocenters. The van der Waals surface area contributed by atoms with Gasteiger partial charge in [-0.15, -0.1) is 9.60 Å². The van der Waals surface area contributed by atoms with Gasteiger partial charge in [0.2, 0.25) is 0 Å². The average molecular weight is 147 g/mol. The van der Waals surface area contributed by atoms with E-state index in [9.17, 15) is 4.48 Å². The lowest BCUT2D eigenvalue weighted by Gasteiger charge is -2.25. The van der Waals surface area contributed by atoms with E-state index in [1.807, 2.05) is 6.92 Å². The molecule has 0 amide bonds. The minimum absolute atomic E-state index is 0.128. The molecule has 0 bridgehead atoms. The number of halogens is 1. The Morgan fingerprint density at radius 3 is 3.10 bits per heavy atom. The van der Waals surface area contributed by atoms with Crippen molar-refractivity contribution in [2.45, 2.75) is 25.9 Å². The summed E-state index contributed by atoms with van der Waals surface area (Å²) in [7, 11) is 0. The summed E-state index contributed by atoms with van der Waals surface area (Å²) in [6.45, 7) is 3.66. The molecule has 0 radical (unpaired) electrons. The topological polar surface area (TPSA) is 12.5 Å². The number of hydrogen-bond acceptors (Lipinski definition) is 2. The van der Waals surface area contributed by atoms with Crippen LogP contribution in [0.15, 0.2) is 0 Å². The summed E-state index contributed by atoms with van der Waals surface area (Å²) < 4.78 is 17.8. The van der Waals surface area contributed by atoms with Crippen molar-refractivity contribution in [2.75, 3.05) is 19.7 Å². The lowest BCUT2D eigenvalue weighted by Crippen LogP contribution is -2.34. The summed E-state index contributed by atoms with van der Waals surface area (Å²) in [5, 5.41) is 0.837. The number of ether oxygens (including phenoxy) is 1. The normalized spacial score (nSPS) is 28.8. The smallest absolute Gasteiger partial charge is 0.0728 e. The summed E-state index contributed by atoms with van der Waals surface area (Å²) >= 11 is 0. The van der Waals surface area contributed by atoms with Crippen molar-refractivity contribution >= 4 is 0 Å². The second kappa shape index (κ2) is 3.88. The fourth-order valence-corrected chi connectivity index (χ4v) is 1.27. The Bertz CT molecular complexity index is 97.6. The zero-order valence-electron chi connectivity index (χ0n) is 6.35. The molecule has 0 N–H and O–H groups in total. The molecule has 0 saturated carbocycles. The highest BCUT2D eigenvalue weighted by Crippen LogP contribution is 2.12. The van der Waals surface area contributed by atoms with Gasteiger partial charge < -0.3 is 4.74 Å². The van der Waals surface area contributed by atoms with Gasteiger partial charge in [0.1, 0.15) is 0 Å². The Kier molecular flexibility index (Phi) is 3.09. The van der Waals surface area contributed by atoms with Gasteiger partial charge in [0.05, 0.1) is 12.6 Å². The van der Waals surface area contributed by atoms with Gasteiger partial charge in [0, 0.05) is 13.2 Å². The SMILES string of the molecule is CCOC1CCCN(F)C1. The predicted molar refractivity (Wildman–Crippen MR) is 37.3 cm³/mol. The number of piperidine rings is 1. The molecular weight excluding hydrogens is 133 g/mol. The van der Waals surface area contributed by atoms with Crippen molar-refractivity contribution in [3.05, 3.63) is 0 Å². The van der Waals surface area contributed by atoms with Crippen LogP contribution in [0.3, 0.4) is 0 Å². The van der Waals surface area contributed by atoms with Crippen molar-refractivity contribution in [1.29, 1.82) is 0 Å². The van der Waals surface area contributed by atoms with Gasteiger partial charge in [-0.1, -0.05) is 0 Å². The molecule has 60 valence electrons. The maximum atomic E-state index is 12.5. The van der Waals surface area contributed by atoms with Crippen molar-refractivity contribution in [2.24, 2.45) is 0 Å². The van der Waals surface area contributed by atoms with Gasteiger partial charge >= 0.3 is 0 Å². The maximum absolute atomic E-state index is 12.5. The fraction of sp³-hybridized carbons (Fsp3) is 1.00. The van der Waals surface area contributed by atoms with Crippen molar-refractivity contribution < 1.29 is 9.22 Å². The Hall–Kier alpha value is -0.150. The largest absolute Gasteiger partial charge is 0.377 e. The number of rotatable bonds is 2. The van der Waals surface area contributed by atoms with Crippen LogP contribution in [0.1, 0.15) is 19.8 Å². The van der Waals surface area contributed by atoms with Gasteiger partial charge in [0.15, 0.2) is 0 Å². The van der Waals surface area contributed by atoms with Gasteiger partial charge in [0.25, 0.3) is 0 Å². The molecule has 0 aromatic heterocycles. The van der Waals surface area contributed by atoms with Gasteiger partial charge in [-0.25, -0.2) is 0 Å². The molecule has 0 aromatic carbocycles. The monoisotopic (exact) mass is 147 g/mol. The van der Waals surface area contributed by atoms with Crippen LogP contribution in [0, 0.1) is 0 Å². The Labute approximate surface area is 60.9 Å². The molecule has 10 heavy (non-hydrogen) atoms. The molecule has 1 saturated heterocycles. The summed E-state index contributed by atoms with van der Waals surface area (Å²) in [6, 6.07) is 0. The van der Waals surface area contributed by atoms with Crippen molar-refractivity contribution in [3.63, 3.8) is 0 Å². The third-order valence-corrected chi connectivity index (χ3v) is 1.73. The third kappa shape index (κ3) is 2.23. The van der Waals surface area contributed by atoms with Gasteiger partial charge in [-0.3, -0.25) is 0 Å². The second-order valence-electron chi connectivity index (χ2n) is 2.59. The maximum Gasteiger partial charge on any atom is 0.0728 e. The summed E-state index contributed by atoms with van der Waals surface area (Å²) in [4.78, 5) is 0. The Balaban J connectivity index is 2.18. The molecular formula is C7H14FNO. The first kappa shape index (κ1) is 7.95. The molecule has 1 unspecified atom stereocenters. The van der Waals surface area contributed by atoms with Crippen LogP contribution in [-0.4, -0.2) is 30.9 Å². The van der Waals surface area contributed by atoms with E-state index in [-0.39, 0.29) is 6.10 Å². The number of nitrogens with zero attached hydrogens (tertiary/aromatic N) is 1. The van der Waals surface area contributed by atoms with E-state index in [0.717, 1.165) is 18.0 Å². The van der Waals surface area contributed by atoms with Crippen LogP contribution in [-0.2, 0) is 4.74 Å². The van der Waals surface area contributed by atoms with Crippen LogP contribution >= 0.6 is 0 Å². The van der Waals surface area contributed by atoms with Crippen LogP contribution in [0.2, 0.25) is 0 Å². The number of hydrogen-bond donors (Lipinski definition) is 0. The van der Waals surface area contributed by atoms with Gasteiger partial charge in [-0.2, -0.15) is 0 Å². The predicted octanol–water partition coefficient (Wildman–Crippen LogP) is 1.37. The lowest BCUT2D eigenvalue weighted by atomic mass is 10.1. The molecule has 3 heteroatoms. The first-order valence-corrected chi connectivity index (χ1v) is 3.85. The lowest BCUT2D eigenvalue weighted by molar-refractivity contribution is -0.0710. The van der Waals surface area contributed by atoms with Crippen molar-refractivity contribution in [3.8, 4) is 0 Å². The highest BCUT2D eigenvalue weighted by molar-refractivity contribution is 4.67. The van der Waals surface area contributed by atoms with E-state index in [1.54, 1.807) is 0 Å². The summed E-state index contributed by atoms with van der Waals surface area (Å²) in [5.74, 6) is 0. The van der Waals surface area contributed by atoms with Crippen molar-refractivity contribution in [1.82, 2.24) is 5.12 Å². The van der Waals surface area contributed by atoms with Crippen LogP contribution in [0.25, 0.3) is 0 Å². The highest BCUT2D eigenvalue weighted by atomic mass is 19.2. The third-order valence-electron chi connectivity index (χ3n) is 1.73. The quantitative estimate of drug-likeness (QED) is 0.547. The van der Waals surface area contributed by atoms with Crippen LogP contribution in [0.5, 0.6) is 0 Å². The first-order valence-electron chi connectivity index (χ1n) is 3.85. The molecule has 1 fully saturated rings. The molecule has 2 nitrogen and oxygen atoms in total. The summed E-state index contributed by atoms with van der Waals surface area (Å²) in [5.41, 5.74) is 0. The van der Waals surface area contributed by atoms with Gasteiger partial charge in [-0.05, 0) is 19.8 Å². The minimum atomic E-state index is 0.128. The Morgan fingerprint density at radius 2 is 2.50 bits per heavy atom. The standard InChI is InChI=1S/C7H14FNO/c1-2-10-7-4-3-5-9(8)6-7/h7H,2-6H2,1H3. The molecule has 1 aliphatic rings. The fourth-order valence-electron chi connectivity index (χ4n) is 1.27. The van der Waals surface area contributed by atoms with E-state index >= 15 is 0 Å². The Morgan fingerprint density at radius 1 is 1.70 bits per heavy atom. The second-order valence-corrected chi connectivity index (χ2v) is 2.59. The van der Waals surface area contributed by atoms with E-state index < -0.39 is 0 Å². The van der Waals surface area contributed by atoms with E-state index in [4.69, 9.17) is 4.74 Å². The molecule has 1 aliphatic heterocycles.